The van der Waals surface area contributed by atoms with Gasteiger partial charge in [0.05, 0.1) is 12.1 Å². The quantitative estimate of drug-likeness (QED) is 0.846. The number of aliphatic imine (C=N–C) groups is 2. The van der Waals surface area contributed by atoms with Gasteiger partial charge in [0.2, 0.25) is 0 Å². The number of phenolic OH excluding ortho intramolecular Hbond substituents is 2. The van der Waals surface area contributed by atoms with Crippen molar-refractivity contribution in [3.05, 3.63) is 59.7 Å². The lowest BCUT2D eigenvalue weighted by Crippen LogP contribution is -1.91. The van der Waals surface area contributed by atoms with E-state index in [1.165, 1.54) is 0 Å². The van der Waals surface area contributed by atoms with E-state index in [0.717, 1.165) is 6.42 Å². The summed E-state index contributed by atoms with van der Waals surface area (Å²) in [5.41, 5.74) is 1.43. The fraction of sp³-hybridized carbons (Fsp3) is 0.176. The van der Waals surface area contributed by atoms with Gasteiger partial charge < -0.3 is 10.2 Å². The average Bonchev–Trinajstić information content (AvgIpc) is 3.24. The van der Waals surface area contributed by atoms with Crippen molar-refractivity contribution in [2.24, 2.45) is 9.98 Å². The van der Waals surface area contributed by atoms with Crippen LogP contribution in [0, 0.1) is 0 Å². The van der Waals surface area contributed by atoms with Crippen LogP contribution in [-0.4, -0.2) is 34.7 Å². The Labute approximate surface area is 123 Å². The van der Waals surface area contributed by atoms with Crippen LogP contribution in [-0.2, 0) is 0 Å². The molecule has 21 heavy (non-hydrogen) atoms. The highest BCUT2D eigenvalue weighted by Crippen LogP contribution is 2.29. The van der Waals surface area contributed by atoms with Crippen LogP contribution in [0.3, 0.4) is 0 Å². The molecule has 0 aromatic heterocycles. The van der Waals surface area contributed by atoms with Crippen molar-refractivity contribution in [2.45, 2.75) is 18.5 Å². The molecule has 0 spiro atoms. The normalized spacial score (nSPS) is 21.1. The van der Waals surface area contributed by atoms with E-state index in [4.69, 9.17) is 0 Å². The molecule has 1 fully saturated rings. The van der Waals surface area contributed by atoms with E-state index >= 15 is 0 Å². The van der Waals surface area contributed by atoms with Crippen molar-refractivity contribution in [1.29, 1.82) is 0 Å². The Balaban J connectivity index is 1.60. The molecule has 3 rings (SSSR count). The van der Waals surface area contributed by atoms with Gasteiger partial charge >= 0.3 is 0 Å². The first-order valence-corrected chi connectivity index (χ1v) is 6.86. The lowest BCUT2D eigenvalue weighted by Gasteiger charge is -1.97. The van der Waals surface area contributed by atoms with Gasteiger partial charge in [-0.1, -0.05) is 24.3 Å². The molecule has 4 heteroatoms. The standard InChI is InChI=1S/C17H16N2O2/c20-16-7-3-1-5-12(16)10-18-14-9-15(14)19-11-13-6-2-4-8-17(13)21/h1-8,10-11,14-15,20-21H,9H2/t14-,15-/m1/s1. The lowest BCUT2D eigenvalue weighted by atomic mass is 10.2. The van der Waals surface area contributed by atoms with Crippen LogP contribution in [0.1, 0.15) is 17.5 Å². The fourth-order valence-electron chi connectivity index (χ4n) is 2.03. The molecule has 0 amide bonds. The van der Waals surface area contributed by atoms with Crippen molar-refractivity contribution < 1.29 is 10.2 Å². The maximum Gasteiger partial charge on any atom is 0.124 e. The predicted molar refractivity (Wildman–Crippen MR) is 83.6 cm³/mol. The minimum absolute atomic E-state index is 0.159. The third-order valence-electron chi connectivity index (χ3n) is 3.41. The first-order chi connectivity index (χ1) is 10.2. The lowest BCUT2D eigenvalue weighted by molar-refractivity contribution is 0.474. The summed E-state index contributed by atoms with van der Waals surface area (Å²) in [6.45, 7) is 0. The van der Waals surface area contributed by atoms with E-state index in [0.29, 0.717) is 11.1 Å². The number of hydrogen-bond donors (Lipinski definition) is 2. The number of aromatic hydroxyl groups is 2. The second-order valence-corrected chi connectivity index (χ2v) is 5.04. The van der Waals surface area contributed by atoms with Crippen LogP contribution in [0.2, 0.25) is 0 Å². The van der Waals surface area contributed by atoms with Crippen LogP contribution in [0.15, 0.2) is 58.5 Å². The zero-order valence-corrected chi connectivity index (χ0v) is 11.4. The molecule has 1 aliphatic rings. The van der Waals surface area contributed by atoms with Crippen LogP contribution in [0.4, 0.5) is 0 Å². The van der Waals surface area contributed by atoms with Crippen molar-refractivity contribution in [3.63, 3.8) is 0 Å². The molecule has 0 heterocycles. The Morgan fingerprint density at radius 2 is 1.19 bits per heavy atom. The minimum atomic E-state index is 0.159. The molecule has 106 valence electrons. The Morgan fingerprint density at radius 3 is 1.62 bits per heavy atom. The summed E-state index contributed by atoms with van der Waals surface area (Å²) in [7, 11) is 0. The maximum atomic E-state index is 9.64. The zero-order valence-electron chi connectivity index (χ0n) is 11.4. The Hall–Kier alpha value is -2.62. The second kappa shape index (κ2) is 5.79. The van der Waals surface area contributed by atoms with Gasteiger partial charge in [-0.2, -0.15) is 0 Å². The van der Waals surface area contributed by atoms with Gasteiger partial charge in [0.15, 0.2) is 0 Å². The Kier molecular flexibility index (Phi) is 3.69. The topological polar surface area (TPSA) is 65.2 Å². The molecular formula is C17H16N2O2. The van der Waals surface area contributed by atoms with E-state index in [9.17, 15) is 10.2 Å². The van der Waals surface area contributed by atoms with Crippen molar-refractivity contribution >= 4 is 12.4 Å². The van der Waals surface area contributed by atoms with Gasteiger partial charge in [-0.3, -0.25) is 9.98 Å². The van der Waals surface area contributed by atoms with Gasteiger partial charge in [-0.25, -0.2) is 0 Å². The summed E-state index contributed by atoms with van der Waals surface area (Å²) in [4.78, 5) is 8.84. The maximum absolute atomic E-state index is 9.64. The number of phenols is 2. The molecule has 0 saturated heterocycles. The van der Waals surface area contributed by atoms with Gasteiger partial charge in [0.25, 0.3) is 0 Å². The predicted octanol–water partition coefficient (Wildman–Crippen LogP) is 2.78. The highest BCUT2D eigenvalue weighted by Gasteiger charge is 2.35. The van der Waals surface area contributed by atoms with E-state index in [1.807, 2.05) is 24.3 Å². The molecular weight excluding hydrogens is 264 g/mol. The van der Waals surface area contributed by atoms with Crippen LogP contribution < -0.4 is 0 Å². The zero-order chi connectivity index (χ0) is 14.7. The summed E-state index contributed by atoms with van der Waals surface area (Å²) in [6, 6.07) is 14.5. The number of nitrogens with zero attached hydrogens (tertiary/aromatic N) is 2. The minimum Gasteiger partial charge on any atom is -0.507 e. The molecule has 1 aliphatic carbocycles. The van der Waals surface area contributed by atoms with Gasteiger partial charge in [0, 0.05) is 23.6 Å². The molecule has 0 radical (unpaired) electrons. The summed E-state index contributed by atoms with van der Waals surface area (Å²) in [5.74, 6) is 0.465. The van der Waals surface area contributed by atoms with Crippen LogP contribution >= 0.6 is 0 Å². The SMILES string of the molecule is Oc1ccccc1C=N[C@@H]1C[C@H]1N=Cc1ccccc1O. The number of para-hydroxylation sites is 2. The van der Waals surface area contributed by atoms with E-state index in [-0.39, 0.29) is 23.6 Å². The second-order valence-electron chi connectivity index (χ2n) is 5.04. The smallest absolute Gasteiger partial charge is 0.124 e. The monoisotopic (exact) mass is 280 g/mol. The first-order valence-electron chi connectivity index (χ1n) is 6.86. The Morgan fingerprint density at radius 1 is 0.762 bits per heavy atom. The molecule has 0 bridgehead atoms. The molecule has 2 N–H and O–H groups in total. The first kappa shape index (κ1) is 13.4. The van der Waals surface area contributed by atoms with E-state index in [2.05, 4.69) is 9.98 Å². The molecule has 2 aromatic rings. The van der Waals surface area contributed by atoms with Crippen molar-refractivity contribution in [2.75, 3.05) is 0 Å². The number of benzene rings is 2. The van der Waals surface area contributed by atoms with Crippen LogP contribution in [0.5, 0.6) is 11.5 Å². The van der Waals surface area contributed by atoms with E-state index in [1.54, 1.807) is 36.7 Å². The molecule has 4 nitrogen and oxygen atoms in total. The molecule has 2 aromatic carbocycles. The van der Waals surface area contributed by atoms with Gasteiger partial charge in [-0.05, 0) is 30.7 Å². The number of hydrogen-bond acceptors (Lipinski definition) is 4. The third kappa shape index (κ3) is 3.28. The Bertz CT molecular complexity index is 635. The summed E-state index contributed by atoms with van der Waals surface area (Å²) >= 11 is 0. The van der Waals surface area contributed by atoms with Crippen molar-refractivity contribution in [1.82, 2.24) is 0 Å². The summed E-state index contributed by atoms with van der Waals surface area (Å²) in [6.07, 6.45) is 4.28. The van der Waals surface area contributed by atoms with Gasteiger partial charge in [-0.15, -0.1) is 0 Å². The summed E-state index contributed by atoms with van der Waals surface area (Å²) in [5, 5.41) is 19.3. The van der Waals surface area contributed by atoms with Gasteiger partial charge in [0.1, 0.15) is 11.5 Å². The van der Waals surface area contributed by atoms with Crippen molar-refractivity contribution in [3.8, 4) is 11.5 Å². The third-order valence-corrected chi connectivity index (χ3v) is 3.41. The molecule has 1 saturated carbocycles. The molecule has 2 atom stereocenters. The largest absolute Gasteiger partial charge is 0.507 e. The van der Waals surface area contributed by atoms with E-state index < -0.39 is 0 Å². The summed E-state index contributed by atoms with van der Waals surface area (Å²) < 4.78 is 0. The highest BCUT2D eigenvalue weighted by molar-refractivity contribution is 5.84. The van der Waals surface area contributed by atoms with Crippen LogP contribution in [0.25, 0.3) is 0 Å². The number of rotatable bonds is 4. The molecule has 0 unspecified atom stereocenters. The molecule has 0 aliphatic heterocycles. The fourth-order valence-corrected chi connectivity index (χ4v) is 2.03. The highest BCUT2D eigenvalue weighted by atomic mass is 16.3. The average molecular weight is 280 g/mol.